The fourth-order valence-electron chi connectivity index (χ4n) is 4.14. The Morgan fingerprint density at radius 2 is 1.61 bits per heavy atom. The van der Waals surface area contributed by atoms with Crippen LogP contribution in [0.3, 0.4) is 0 Å². The zero-order valence-corrected chi connectivity index (χ0v) is 22.3. The highest BCUT2D eigenvalue weighted by Crippen LogP contribution is 2.26. The molecule has 0 fully saturated rings. The van der Waals surface area contributed by atoms with E-state index in [9.17, 15) is 14.4 Å². The lowest BCUT2D eigenvalue weighted by molar-refractivity contribution is -0.116. The number of carbonyl (C=O) groups excluding carboxylic acids is 3. The molecule has 0 atom stereocenters. The van der Waals surface area contributed by atoms with Gasteiger partial charge in [-0.05, 0) is 74.4 Å². The van der Waals surface area contributed by atoms with Crippen LogP contribution in [0.25, 0.3) is 0 Å². The van der Waals surface area contributed by atoms with Crippen molar-refractivity contribution in [3.05, 3.63) is 89.0 Å². The molecule has 0 aromatic heterocycles. The lowest BCUT2D eigenvalue weighted by Gasteiger charge is -2.13. The summed E-state index contributed by atoms with van der Waals surface area (Å²) in [6.45, 7) is 2.01. The molecule has 0 unspecified atom stereocenters. The molecular formula is C31H35NO6. The first kappa shape index (κ1) is 28.4. The minimum Gasteiger partial charge on any atom is -0.496 e. The van der Waals surface area contributed by atoms with Crippen molar-refractivity contribution in [1.29, 1.82) is 0 Å². The number of ketones is 1. The molecule has 0 aliphatic rings. The Bertz CT molecular complexity index is 1240. The molecular weight excluding hydrogens is 482 g/mol. The summed E-state index contributed by atoms with van der Waals surface area (Å²) in [4.78, 5) is 36.4. The molecule has 0 bridgehead atoms. The summed E-state index contributed by atoms with van der Waals surface area (Å²) in [6, 6.07) is 20.7. The molecule has 1 amide bonds. The fraction of sp³-hybridized carbons (Fsp3) is 0.323. The van der Waals surface area contributed by atoms with Crippen LogP contribution >= 0.6 is 0 Å². The predicted molar refractivity (Wildman–Crippen MR) is 147 cm³/mol. The van der Waals surface area contributed by atoms with Crippen LogP contribution in [0, 0.1) is 0 Å². The number of carbonyl (C=O) groups is 3. The van der Waals surface area contributed by atoms with Gasteiger partial charge in [0.25, 0.3) is 0 Å². The molecule has 0 aliphatic carbocycles. The van der Waals surface area contributed by atoms with Crippen LogP contribution in [0.2, 0.25) is 0 Å². The van der Waals surface area contributed by atoms with Gasteiger partial charge in [-0.3, -0.25) is 9.59 Å². The zero-order valence-electron chi connectivity index (χ0n) is 22.3. The third-order valence-corrected chi connectivity index (χ3v) is 6.19. The molecule has 3 aromatic carbocycles. The Morgan fingerprint density at radius 1 is 0.816 bits per heavy atom. The van der Waals surface area contributed by atoms with Crippen molar-refractivity contribution in [3.8, 4) is 11.5 Å². The SMILES string of the molecule is COC(=O)c1cc(NC(=O)CCc2ccc(OCCCCCc3ccccc3)cc2OC)ccc1C(C)=O. The predicted octanol–water partition coefficient (Wildman–Crippen LogP) is 6.05. The van der Waals surface area contributed by atoms with Gasteiger partial charge in [-0.15, -0.1) is 0 Å². The van der Waals surface area contributed by atoms with Crippen molar-refractivity contribution >= 4 is 23.3 Å². The molecule has 0 saturated carbocycles. The number of hydrogen-bond donors (Lipinski definition) is 1. The maximum atomic E-state index is 12.6. The summed E-state index contributed by atoms with van der Waals surface area (Å²) in [7, 11) is 2.84. The highest BCUT2D eigenvalue weighted by atomic mass is 16.5. The number of benzene rings is 3. The maximum absolute atomic E-state index is 12.6. The van der Waals surface area contributed by atoms with Crippen LogP contribution in [0.1, 0.15) is 64.4 Å². The number of esters is 1. The second-order valence-corrected chi connectivity index (χ2v) is 8.97. The normalized spacial score (nSPS) is 10.5. The van der Waals surface area contributed by atoms with Gasteiger partial charge in [0.15, 0.2) is 5.78 Å². The van der Waals surface area contributed by atoms with Crippen molar-refractivity contribution in [2.75, 3.05) is 26.1 Å². The van der Waals surface area contributed by atoms with E-state index in [0.29, 0.717) is 24.5 Å². The second kappa shape index (κ2) is 14.6. The molecule has 0 radical (unpaired) electrons. The van der Waals surface area contributed by atoms with E-state index in [-0.39, 0.29) is 29.2 Å². The fourth-order valence-corrected chi connectivity index (χ4v) is 4.14. The lowest BCUT2D eigenvalue weighted by Crippen LogP contribution is -2.15. The molecule has 7 heteroatoms. The molecule has 7 nitrogen and oxygen atoms in total. The van der Waals surface area contributed by atoms with Gasteiger partial charge in [0.1, 0.15) is 11.5 Å². The Balaban J connectivity index is 1.47. The standard InChI is InChI=1S/C31H35NO6/c1-22(33)27-17-15-25(20-28(27)31(35)37-3)32-30(34)18-14-24-13-16-26(21-29(24)36-2)38-19-9-5-8-12-23-10-6-4-7-11-23/h4,6-7,10-11,13,15-17,20-21H,5,8-9,12,14,18-19H2,1-3H3,(H,32,34). The van der Waals surface area contributed by atoms with Gasteiger partial charge in [0.2, 0.25) is 5.91 Å². The van der Waals surface area contributed by atoms with E-state index in [1.54, 1.807) is 13.2 Å². The smallest absolute Gasteiger partial charge is 0.338 e. The third kappa shape index (κ3) is 8.47. The molecule has 0 saturated heterocycles. The van der Waals surface area contributed by atoms with Crippen LogP contribution in [0.4, 0.5) is 5.69 Å². The van der Waals surface area contributed by atoms with Crippen molar-refractivity contribution < 1.29 is 28.6 Å². The van der Waals surface area contributed by atoms with Gasteiger partial charge in [0, 0.05) is 23.7 Å². The second-order valence-electron chi connectivity index (χ2n) is 8.97. The van der Waals surface area contributed by atoms with Gasteiger partial charge in [-0.25, -0.2) is 4.79 Å². The molecule has 38 heavy (non-hydrogen) atoms. The number of hydrogen-bond acceptors (Lipinski definition) is 6. The Hall–Kier alpha value is -4.13. The van der Waals surface area contributed by atoms with Crippen LogP contribution in [0.5, 0.6) is 11.5 Å². The maximum Gasteiger partial charge on any atom is 0.338 e. The van der Waals surface area contributed by atoms with Gasteiger partial charge in [-0.2, -0.15) is 0 Å². The van der Waals surface area contributed by atoms with Crippen LogP contribution in [-0.2, 0) is 22.4 Å². The van der Waals surface area contributed by atoms with Crippen LogP contribution in [-0.4, -0.2) is 38.5 Å². The minimum atomic E-state index is -0.634. The third-order valence-electron chi connectivity index (χ3n) is 6.19. The molecule has 1 N–H and O–H groups in total. The molecule has 0 heterocycles. The zero-order chi connectivity index (χ0) is 27.3. The largest absolute Gasteiger partial charge is 0.496 e. The topological polar surface area (TPSA) is 90.9 Å². The first-order valence-corrected chi connectivity index (χ1v) is 12.8. The van der Waals surface area contributed by atoms with Gasteiger partial charge < -0.3 is 19.5 Å². The number of nitrogens with one attached hydrogen (secondary N) is 1. The quantitative estimate of drug-likeness (QED) is 0.159. The summed E-state index contributed by atoms with van der Waals surface area (Å²) in [5.41, 5.74) is 3.03. The number of methoxy groups -OCH3 is 2. The summed E-state index contributed by atoms with van der Waals surface area (Å²) in [5.74, 6) is 0.280. The van der Waals surface area contributed by atoms with Crippen LogP contribution < -0.4 is 14.8 Å². The van der Waals surface area contributed by atoms with E-state index in [4.69, 9.17) is 14.2 Å². The van der Waals surface area contributed by atoms with Crippen molar-refractivity contribution in [2.24, 2.45) is 0 Å². The minimum absolute atomic E-state index is 0.117. The Morgan fingerprint density at radius 3 is 2.32 bits per heavy atom. The van der Waals surface area contributed by atoms with E-state index in [0.717, 1.165) is 37.0 Å². The number of rotatable bonds is 14. The average molecular weight is 518 g/mol. The molecule has 0 spiro atoms. The molecule has 3 rings (SSSR count). The van der Waals surface area contributed by atoms with Crippen molar-refractivity contribution in [3.63, 3.8) is 0 Å². The Kier molecular flexibility index (Phi) is 10.9. The monoisotopic (exact) mass is 517 g/mol. The highest BCUT2D eigenvalue weighted by molar-refractivity contribution is 6.06. The van der Waals surface area contributed by atoms with E-state index < -0.39 is 5.97 Å². The van der Waals surface area contributed by atoms with Gasteiger partial charge in [0.05, 0.1) is 26.4 Å². The number of amides is 1. The van der Waals surface area contributed by atoms with Gasteiger partial charge >= 0.3 is 5.97 Å². The molecule has 3 aromatic rings. The lowest BCUT2D eigenvalue weighted by atomic mass is 10.0. The number of Topliss-reactive ketones (excluding diaryl/α,β-unsaturated/α-hetero) is 1. The van der Waals surface area contributed by atoms with E-state index in [2.05, 4.69) is 29.6 Å². The highest BCUT2D eigenvalue weighted by Gasteiger charge is 2.17. The number of ether oxygens (including phenoxy) is 3. The average Bonchev–Trinajstić information content (AvgIpc) is 2.93. The van der Waals surface area contributed by atoms with Gasteiger partial charge in [-0.1, -0.05) is 36.4 Å². The molecule has 200 valence electrons. The molecule has 0 aliphatic heterocycles. The summed E-state index contributed by atoms with van der Waals surface area (Å²) >= 11 is 0. The van der Waals surface area contributed by atoms with Crippen molar-refractivity contribution in [2.45, 2.75) is 45.4 Å². The summed E-state index contributed by atoms with van der Waals surface area (Å²) in [6.07, 6.45) is 4.94. The number of unbranched alkanes of at least 4 members (excludes halogenated alkanes) is 2. The van der Waals surface area contributed by atoms with Crippen LogP contribution in [0.15, 0.2) is 66.7 Å². The van der Waals surface area contributed by atoms with E-state index in [1.165, 1.54) is 31.7 Å². The first-order valence-electron chi connectivity index (χ1n) is 12.8. The number of anilines is 1. The Labute approximate surface area is 224 Å². The summed E-state index contributed by atoms with van der Waals surface area (Å²) in [5, 5.41) is 2.78. The van der Waals surface area contributed by atoms with E-state index in [1.807, 2.05) is 24.3 Å². The van der Waals surface area contributed by atoms with Crippen molar-refractivity contribution in [1.82, 2.24) is 0 Å². The van der Waals surface area contributed by atoms with E-state index >= 15 is 0 Å². The summed E-state index contributed by atoms with van der Waals surface area (Å²) < 4.78 is 16.2. The number of aryl methyl sites for hydroxylation is 2. The first-order chi connectivity index (χ1) is 18.4.